The number of aromatic nitrogens is 1. The van der Waals surface area contributed by atoms with Crippen molar-refractivity contribution in [2.45, 2.75) is 5.92 Å². The Morgan fingerprint density at radius 1 is 0.963 bits per heavy atom. The first-order valence-corrected chi connectivity index (χ1v) is 9.44. The van der Waals surface area contributed by atoms with E-state index in [9.17, 15) is 4.79 Å². The number of hydrogen-bond acceptors (Lipinski definition) is 2. The van der Waals surface area contributed by atoms with Crippen molar-refractivity contribution < 1.29 is 4.79 Å². The smallest absolute Gasteiger partial charge is 0.270 e. The molecule has 0 aliphatic carbocycles. The summed E-state index contributed by atoms with van der Waals surface area (Å²) in [5.74, 6) is 0.677. The third-order valence-corrected chi connectivity index (χ3v) is 5.67. The van der Waals surface area contributed by atoms with Crippen LogP contribution in [-0.4, -0.2) is 35.0 Å². The molecular formula is C23H25N3O. The fourth-order valence-electron chi connectivity index (χ4n) is 4.14. The molecule has 4 rings (SSSR count). The van der Waals surface area contributed by atoms with Crippen LogP contribution in [0.3, 0.4) is 0 Å². The molecule has 2 heterocycles. The van der Waals surface area contributed by atoms with E-state index in [0.29, 0.717) is 24.9 Å². The largest absolute Gasteiger partial charge is 0.340 e. The number of carbonyl (C=O) groups is 1. The van der Waals surface area contributed by atoms with Crippen LogP contribution in [-0.2, 0) is 7.05 Å². The molecule has 2 atom stereocenters. The van der Waals surface area contributed by atoms with Gasteiger partial charge in [-0.2, -0.15) is 0 Å². The van der Waals surface area contributed by atoms with Crippen molar-refractivity contribution in [3.8, 4) is 11.3 Å². The van der Waals surface area contributed by atoms with Gasteiger partial charge in [-0.25, -0.2) is 0 Å². The van der Waals surface area contributed by atoms with Crippen LogP contribution in [0.25, 0.3) is 11.3 Å². The fraction of sp³-hybridized carbons (Fsp3) is 0.261. The minimum absolute atomic E-state index is 0.0802. The standard InChI is InChI=1S/C23H25N3O/c1-25-21(18-10-6-3-7-11-18)12-13-22(25)23(27)26-15-19(14-24)20(16-26)17-8-4-2-5-9-17/h2-13,19-20H,14-16,24H2,1H3/t19-,20+/m1/s1. The lowest BCUT2D eigenvalue weighted by atomic mass is 9.89. The SMILES string of the molecule is Cn1c(C(=O)N2C[C@@H](CN)[C@H](c3ccccc3)C2)ccc1-c1ccccc1. The normalized spacial score (nSPS) is 19.4. The van der Waals surface area contributed by atoms with Crippen molar-refractivity contribution in [2.24, 2.45) is 18.7 Å². The molecule has 4 heteroatoms. The predicted molar refractivity (Wildman–Crippen MR) is 108 cm³/mol. The van der Waals surface area contributed by atoms with Gasteiger partial charge in [0.2, 0.25) is 0 Å². The summed E-state index contributed by atoms with van der Waals surface area (Å²) in [7, 11) is 1.96. The Hall–Kier alpha value is -2.85. The predicted octanol–water partition coefficient (Wildman–Crippen LogP) is 3.51. The zero-order valence-corrected chi connectivity index (χ0v) is 15.6. The van der Waals surface area contributed by atoms with E-state index < -0.39 is 0 Å². The molecule has 2 N–H and O–H groups in total. The molecule has 1 aromatic heterocycles. The van der Waals surface area contributed by atoms with E-state index in [1.165, 1.54) is 5.56 Å². The number of nitrogens with zero attached hydrogens (tertiary/aromatic N) is 2. The van der Waals surface area contributed by atoms with E-state index in [2.05, 4.69) is 36.4 Å². The Balaban J connectivity index is 1.58. The van der Waals surface area contributed by atoms with Crippen LogP contribution in [0, 0.1) is 5.92 Å². The van der Waals surface area contributed by atoms with Crippen LogP contribution in [0.1, 0.15) is 22.0 Å². The minimum atomic E-state index is 0.0802. The molecule has 0 radical (unpaired) electrons. The van der Waals surface area contributed by atoms with Gasteiger partial charge in [0, 0.05) is 31.7 Å². The average molecular weight is 359 g/mol. The molecule has 4 nitrogen and oxygen atoms in total. The van der Waals surface area contributed by atoms with Gasteiger partial charge in [-0.15, -0.1) is 0 Å². The van der Waals surface area contributed by atoms with Crippen LogP contribution in [0.5, 0.6) is 0 Å². The van der Waals surface area contributed by atoms with Crippen molar-refractivity contribution in [1.29, 1.82) is 0 Å². The number of carbonyl (C=O) groups excluding carboxylic acids is 1. The van der Waals surface area contributed by atoms with E-state index in [0.717, 1.165) is 23.5 Å². The Morgan fingerprint density at radius 2 is 1.63 bits per heavy atom. The third-order valence-electron chi connectivity index (χ3n) is 5.67. The van der Waals surface area contributed by atoms with Crippen molar-refractivity contribution >= 4 is 5.91 Å². The second-order valence-corrected chi connectivity index (χ2v) is 7.25. The summed E-state index contributed by atoms with van der Waals surface area (Å²) in [5, 5.41) is 0. The van der Waals surface area contributed by atoms with Crippen LogP contribution < -0.4 is 5.73 Å². The molecule has 0 saturated carbocycles. The third kappa shape index (κ3) is 3.28. The highest BCUT2D eigenvalue weighted by atomic mass is 16.2. The first-order chi connectivity index (χ1) is 13.2. The molecule has 1 saturated heterocycles. The molecule has 1 aliphatic rings. The molecule has 1 aliphatic heterocycles. The van der Waals surface area contributed by atoms with Gasteiger partial charge in [0.05, 0.1) is 0 Å². The molecular weight excluding hydrogens is 334 g/mol. The highest BCUT2D eigenvalue weighted by molar-refractivity contribution is 5.94. The van der Waals surface area contributed by atoms with Gasteiger partial charge in [0.25, 0.3) is 5.91 Å². The second kappa shape index (κ2) is 7.41. The van der Waals surface area contributed by atoms with Crippen molar-refractivity contribution in [1.82, 2.24) is 9.47 Å². The van der Waals surface area contributed by atoms with Gasteiger partial charge in [-0.1, -0.05) is 60.7 Å². The van der Waals surface area contributed by atoms with E-state index in [1.54, 1.807) is 0 Å². The van der Waals surface area contributed by atoms with E-state index in [-0.39, 0.29) is 5.91 Å². The summed E-state index contributed by atoms with van der Waals surface area (Å²) in [5.41, 5.74) is 10.2. The number of rotatable bonds is 4. The molecule has 138 valence electrons. The number of hydrogen-bond donors (Lipinski definition) is 1. The molecule has 3 aromatic rings. The van der Waals surface area contributed by atoms with Crippen LogP contribution >= 0.6 is 0 Å². The Bertz CT molecular complexity index is 917. The van der Waals surface area contributed by atoms with Gasteiger partial charge in [-0.05, 0) is 35.7 Å². The quantitative estimate of drug-likeness (QED) is 0.775. The van der Waals surface area contributed by atoms with Gasteiger partial charge in [0.15, 0.2) is 0 Å². The Labute approximate surface area is 160 Å². The molecule has 1 fully saturated rings. The van der Waals surface area contributed by atoms with Gasteiger partial charge in [-0.3, -0.25) is 4.79 Å². The maximum atomic E-state index is 13.2. The lowest BCUT2D eigenvalue weighted by Crippen LogP contribution is -2.31. The Morgan fingerprint density at radius 3 is 2.30 bits per heavy atom. The molecule has 1 amide bonds. The summed E-state index contributed by atoms with van der Waals surface area (Å²) in [6, 6.07) is 24.5. The maximum absolute atomic E-state index is 13.2. The minimum Gasteiger partial charge on any atom is -0.340 e. The Kier molecular flexibility index (Phi) is 4.82. The average Bonchev–Trinajstić information content (AvgIpc) is 3.32. The summed E-state index contributed by atoms with van der Waals surface area (Å²) in [4.78, 5) is 15.2. The van der Waals surface area contributed by atoms with Gasteiger partial charge in [0.1, 0.15) is 5.69 Å². The number of nitrogens with two attached hydrogens (primary N) is 1. The first-order valence-electron chi connectivity index (χ1n) is 9.44. The second-order valence-electron chi connectivity index (χ2n) is 7.25. The topological polar surface area (TPSA) is 51.3 Å². The van der Waals surface area contributed by atoms with Gasteiger partial charge < -0.3 is 15.2 Å². The highest BCUT2D eigenvalue weighted by Gasteiger charge is 2.36. The van der Waals surface area contributed by atoms with Crippen molar-refractivity contribution in [2.75, 3.05) is 19.6 Å². The molecule has 0 spiro atoms. The van der Waals surface area contributed by atoms with Crippen LogP contribution in [0.2, 0.25) is 0 Å². The summed E-state index contributed by atoms with van der Waals surface area (Å²) in [6.07, 6.45) is 0. The van der Waals surface area contributed by atoms with Crippen molar-refractivity contribution in [3.05, 3.63) is 84.1 Å². The van der Waals surface area contributed by atoms with Crippen LogP contribution in [0.4, 0.5) is 0 Å². The number of benzene rings is 2. The van der Waals surface area contributed by atoms with E-state index in [4.69, 9.17) is 5.73 Å². The molecule has 27 heavy (non-hydrogen) atoms. The van der Waals surface area contributed by atoms with Crippen molar-refractivity contribution in [3.63, 3.8) is 0 Å². The summed E-state index contributed by atoms with van der Waals surface area (Å²) >= 11 is 0. The van der Waals surface area contributed by atoms with Gasteiger partial charge >= 0.3 is 0 Å². The fourth-order valence-corrected chi connectivity index (χ4v) is 4.14. The first kappa shape index (κ1) is 17.6. The molecule has 0 bridgehead atoms. The van der Waals surface area contributed by atoms with E-state index in [1.807, 2.05) is 52.9 Å². The number of amides is 1. The summed E-state index contributed by atoms with van der Waals surface area (Å²) in [6.45, 7) is 2.02. The zero-order valence-electron chi connectivity index (χ0n) is 15.6. The molecule has 0 unspecified atom stereocenters. The lowest BCUT2D eigenvalue weighted by Gasteiger charge is -2.17. The maximum Gasteiger partial charge on any atom is 0.270 e. The van der Waals surface area contributed by atoms with E-state index >= 15 is 0 Å². The highest BCUT2D eigenvalue weighted by Crippen LogP contribution is 2.33. The summed E-state index contributed by atoms with van der Waals surface area (Å²) < 4.78 is 1.99. The number of likely N-dealkylation sites (tertiary alicyclic amines) is 1. The monoisotopic (exact) mass is 359 g/mol. The lowest BCUT2D eigenvalue weighted by molar-refractivity contribution is 0.0777. The zero-order chi connectivity index (χ0) is 18.8. The molecule has 2 aromatic carbocycles. The van der Waals surface area contributed by atoms with Crippen LogP contribution in [0.15, 0.2) is 72.8 Å².